The van der Waals surface area contributed by atoms with Crippen molar-refractivity contribution in [2.24, 2.45) is 17.6 Å². The van der Waals surface area contributed by atoms with Crippen molar-refractivity contribution in [1.82, 2.24) is 0 Å². The van der Waals surface area contributed by atoms with Gasteiger partial charge in [-0.15, -0.1) is 0 Å². The van der Waals surface area contributed by atoms with E-state index < -0.39 is 0 Å². The number of amides is 1. The Labute approximate surface area is 120 Å². The van der Waals surface area contributed by atoms with E-state index >= 15 is 0 Å². The van der Waals surface area contributed by atoms with Gasteiger partial charge in [-0.3, -0.25) is 4.79 Å². The summed E-state index contributed by atoms with van der Waals surface area (Å²) in [6.07, 6.45) is 3.83. The molecule has 0 aliphatic heterocycles. The number of anilines is 1. The molecule has 1 saturated carbocycles. The second-order valence-electron chi connectivity index (χ2n) is 5.52. The van der Waals surface area contributed by atoms with Gasteiger partial charge >= 0.3 is 0 Å². The summed E-state index contributed by atoms with van der Waals surface area (Å²) < 4.78 is 13.3. The summed E-state index contributed by atoms with van der Waals surface area (Å²) in [6.45, 7) is 3.20. The lowest BCUT2D eigenvalue weighted by Crippen LogP contribution is -2.38. The van der Waals surface area contributed by atoms with Gasteiger partial charge in [0, 0.05) is 18.2 Å². The van der Waals surface area contributed by atoms with E-state index in [1.807, 2.05) is 6.92 Å². The third-order valence-electron chi connectivity index (χ3n) is 4.23. The summed E-state index contributed by atoms with van der Waals surface area (Å²) in [5, 5.41) is 0. The molecule has 0 unspecified atom stereocenters. The van der Waals surface area contributed by atoms with E-state index in [4.69, 9.17) is 5.73 Å². The summed E-state index contributed by atoms with van der Waals surface area (Å²) in [4.78, 5) is 14.3. The van der Waals surface area contributed by atoms with Crippen molar-refractivity contribution in [3.05, 3.63) is 30.1 Å². The van der Waals surface area contributed by atoms with Crippen molar-refractivity contribution in [2.45, 2.75) is 32.6 Å². The zero-order valence-electron chi connectivity index (χ0n) is 12.0. The number of hydrogen-bond donors (Lipinski definition) is 1. The Morgan fingerprint density at radius 1 is 1.35 bits per heavy atom. The van der Waals surface area contributed by atoms with E-state index in [0.29, 0.717) is 24.7 Å². The molecule has 20 heavy (non-hydrogen) atoms. The zero-order valence-corrected chi connectivity index (χ0v) is 12.0. The van der Waals surface area contributed by atoms with Crippen molar-refractivity contribution in [3.63, 3.8) is 0 Å². The number of carbonyl (C=O) groups is 1. The summed E-state index contributed by atoms with van der Waals surface area (Å²) in [5.74, 6) is 0.429. The molecule has 0 spiro atoms. The first-order valence-corrected chi connectivity index (χ1v) is 7.42. The van der Waals surface area contributed by atoms with Crippen molar-refractivity contribution in [1.29, 1.82) is 0 Å². The number of rotatable bonds is 4. The Morgan fingerprint density at radius 3 is 2.60 bits per heavy atom. The third-order valence-corrected chi connectivity index (χ3v) is 4.23. The zero-order chi connectivity index (χ0) is 14.5. The molecule has 2 rings (SSSR count). The first kappa shape index (κ1) is 15.0. The molecule has 1 aromatic rings. The van der Waals surface area contributed by atoms with Gasteiger partial charge in [0.2, 0.25) is 5.91 Å². The Hall–Kier alpha value is -1.42. The maximum atomic E-state index is 13.3. The van der Waals surface area contributed by atoms with Crippen LogP contribution in [0.4, 0.5) is 10.1 Å². The largest absolute Gasteiger partial charge is 0.330 e. The molecular weight excluding hydrogens is 255 g/mol. The number of carbonyl (C=O) groups excluding carboxylic acids is 1. The van der Waals surface area contributed by atoms with Crippen molar-refractivity contribution < 1.29 is 9.18 Å². The molecule has 0 bridgehead atoms. The van der Waals surface area contributed by atoms with Crippen LogP contribution in [-0.4, -0.2) is 19.0 Å². The predicted octanol–water partition coefficient (Wildman–Crippen LogP) is 2.94. The van der Waals surface area contributed by atoms with Gasteiger partial charge in [0.05, 0.1) is 0 Å². The number of benzene rings is 1. The molecular formula is C16H23FN2O. The van der Waals surface area contributed by atoms with Crippen LogP contribution < -0.4 is 10.6 Å². The highest BCUT2D eigenvalue weighted by Crippen LogP contribution is 2.30. The monoisotopic (exact) mass is 278 g/mol. The normalized spacial score (nSPS) is 22.6. The Kier molecular flexibility index (Phi) is 5.12. The van der Waals surface area contributed by atoms with E-state index in [0.717, 1.165) is 25.7 Å². The minimum absolute atomic E-state index is 0.0565. The molecule has 4 heteroatoms. The van der Waals surface area contributed by atoms with E-state index in [9.17, 15) is 9.18 Å². The van der Waals surface area contributed by atoms with E-state index in [2.05, 4.69) is 0 Å². The van der Waals surface area contributed by atoms with Gasteiger partial charge in [-0.2, -0.15) is 0 Å². The molecule has 1 aliphatic carbocycles. The fourth-order valence-electron chi connectivity index (χ4n) is 2.98. The lowest BCUT2D eigenvalue weighted by Gasteiger charge is -2.31. The number of nitrogens with two attached hydrogens (primary N) is 1. The second kappa shape index (κ2) is 6.84. The minimum atomic E-state index is -0.305. The molecule has 1 amide bonds. The van der Waals surface area contributed by atoms with E-state index in [1.54, 1.807) is 17.0 Å². The standard InChI is InChI=1S/C16H23FN2O/c1-2-19(15-5-3-4-14(17)10-15)16(20)13-8-6-12(11-18)7-9-13/h3-5,10,12-13H,2,6-9,11,18H2,1H3. The highest BCUT2D eigenvalue weighted by molar-refractivity contribution is 5.95. The summed E-state index contributed by atoms with van der Waals surface area (Å²) in [5.41, 5.74) is 6.33. The first-order valence-electron chi connectivity index (χ1n) is 7.42. The van der Waals surface area contributed by atoms with Gasteiger partial charge in [-0.05, 0) is 63.3 Å². The molecule has 0 aromatic heterocycles. The Bertz CT molecular complexity index is 456. The van der Waals surface area contributed by atoms with Gasteiger partial charge in [0.15, 0.2) is 0 Å². The van der Waals surface area contributed by atoms with Crippen molar-refractivity contribution in [3.8, 4) is 0 Å². The molecule has 0 radical (unpaired) electrons. The van der Waals surface area contributed by atoms with Gasteiger partial charge < -0.3 is 10.6 Å². The van der Waals surface area contributed by atoms with Crippen LogP contribution in [0.2, 0.25) is 0 Å². The van der Waals surface area contributed by atoms with Gasteiger partial charge in [0.25, 0.3) is 0 Å². The molecule has 0 saturated heterocycles. The molecule has 1 aliphatic rings. The number of nitrogens with zero attached hydrogens (tertiary/aromatic N) is 1. The van der Waals surface area contributed by atoms with Crippen LogP contribution in [0.5, 0.6) is 0 Å². The fourth-order valence-corrected chi connectivity index (χ4v) is 2.98. The van der Waals surface area contributed by atoms with Gasteiger partial charge in [-0.1, -0.05) is 6.07 Å². The van der Waals surface area contributed by atoms with Crippen LogP contribution >= 0.6 is 0 Å². The highest BCUT2D eigenvalue weighted by atomic mass is 19.1. The summed E-state index contributed by atoms with van der Waals surface area (Å²) >= 11 is 0. The maximum absolute atomic E-state index is 13.3. The van der Waals surface area contributed by atoms with Crippen molar-refractivity contribution in [2.75, 3.05) is 18.0 Å². The lowest BCUT2D eigenvalue weighted by atomic mass is 9.81. The molecule has 1 aromatic carbocycles. The molecule has 0 heterocycles. The van der Waals surface area contributed by atoms with Crippen molar-refractivity contribution >= 4 is 11.6 Å². The fraction of sp³-hybridized carbons (Fsp3) is 0.562. The molecule has 1 fully saturated rings. The quantitative estimate of drug-likeness (QED) is 0.920. The highest BCUT2D eigenvalue weighted by Gasteiger charge is 2.29. The van der Waals surface area contributed by atoms with Gasteiger partial charge in [0.1, 0.15) is 5.82 Å². The number of halogens is 1. The van der Waals surface area contributed by atoms with Crippen LogP contribution in [0.25, 0.3) is 0 Å². The molecule has 2 N–H and O–H groups in total. The van der Waals surface area contributed by atoms with Crippen LogP contribution in [0, 0.1) is 17.7 Å². The van der Waals surface area contributed by atoms with Crippen LogP contribution in [-0.2, 0) is 4.79 Å². The topological polar surface area (TPSA) is 46.3 Å². The molecule has 0 atom stereocenters. The summed E-state index contributed by atoms with van der Waals surface area (Å²) in [6, 6.07) is 6.25. The Morgan fingerprint density at radius 2 is 2.05 bits per heavy atom. The average molecular weight is 278 g/mol. The number of hydrogen-bond acceptors (Lipinski definition) is 2. The maximum Gasteiger partial charge on any atom is 0.230 e. The predicted molar refractivity (Wildman–Crippen MR) is 78.9 cm³/mol. The van der Waals surface area contributed by atoms with Gasteiger partial charge in [-0.25, -0.2) is 4.39 Å². The van der Waals surface area contributed by atoms with Crippen LogP contribution in [0.1, 0.15) is 32.6 Å². The van der Waals surface area contributed by atoms with E-state index in [1.165, 1.54) is 12.1 Å². The molecule has 3 nitrogen and oxygen atoms in total. The Balaban J connectivity index is 2.06. The first-order chi connectivity index (χ1) is 9.65. The third kappa shape index (κ3) is 3.37. The van der Waals surface area contributed by atoms with Crippen LogP contribution in [0.3, 0.4) is 0 Å². The molecule has 110 valence electrons. The second-order valence-corrected chi connectivity index (χ2v) is 5.52. The lowest BCUT2D eigenvalue weighted by molar-refractivity contribution is -0.123. The summed E-state index contributed by atoms with van der Waals surface area (Å²) in [7, 11) is 0. The van der Waals surface area contributed by atoms with E-state index in [-0.39, 0.29) is 17.6 Å². The average Bonchev–Trinajstić information content (AvgIpc) is 2.48. The SMILES string of the molecule is CCN(C(=O)C1CCC(CN)CC1)c1cccc(F)c1. The van der Waals surface area contributed by atoms with Crippen LogP contribution in [0.15, 0.2) is 24.3 Å². The minimum Gasteiger partial charge on any atom is -0.330 e. The smallest absolute Gasteiger partial charge is 0.230 e.